The van der Waals surface area contributed by atoms with Gasteiger partial charge in [0.05, 0.1) is 0 Å². The monoisotopic (exact) mass is 203 g/mol. The minimum absolute atomic E-state index is 0.570. The van der Waals surface area contributed by atoms with Gasteiger partial charge in [0.15, 0.2) is 0 Å². The van der Waals surface area contributed by atoms with E-state index in [4.69, 9.17) is 0 Å². The molecule has 0 bridgehead atoms. The summed E-state index contributed by atoms with van der Waals surface area (Å²) in [5, 5.41) is 3.45. The fourth-order valence-corrected chi connectivity index (χ4v) is 2.79. The molecule has 0 saturated heterocycles. The predicted octanol–water partition coefficient (Wildman–Crippen LogP) is 3.29. The molecule has 1 aromatic carbocycles. The van der Waals surface area contributed by atoms with Gasteiger partial charge in [0.2, 0.25) is 0 Å². The molecule has 0 aromatic heterocycles. The Labute approximate surface area is 92.9 Å². The van der Waals surface area contributed by atoms with Gasteiger partial charge in [0, 0.05) is 6.04 Å². The van der Waals surface area contributed by atoms with Crippen molar-refractivity contribution in [2.75, 3.05) is 7.05 Å². The third kappa shape index (κ3) is 2.07. The van der Waals surface area contributed by atoms with E-state index < -0.39 is 0 Å². The average molecular weight is 203 g/mol. The Bertz CT molecular complexity index is 355. The van der Waals surface area contributed by atoms with Crippen LogP contribution in [0.25, 0.3) is 0 Å². The first kappa shape index (κ1) is 10.7. The molecule has 82 valence electrons. The van der Waals surface area contributed by atoms with Crippen LogP contribution in [0.4, 0.5) is 0 Å². The molecule has 0 aliphatic heterocycles. The van der Waals surface area contributed by atoms with Crippen molar-refractivity contribution >= 4 is 0 Å². The molecule has 0 radical (unpaired) electrons. The van der Waals surface area contributed by atoms with Crippen molar-refractivity contribution in [3.8, 4) is 0 Å². The van der Waals surface area contributed by atoms with Gasteiger partial charge in [-0.15, -0.1) is 0 Å². The summed E-state index contributed by atoms with van der Waals surface area (Å²) in [7, 11) is 2.08. The minimum atomic E-state index is 0.570. The van der Waals surface area contributed by atoms with E-state index in [0.29, 0.717) is 6.04 Å². The van der Waals surface area contributed by atoms with Gasteiger partial charge < -0.3 is 5.32 Å². The molecule has 0 amide bonds. The van der Waals surface area contributed by atoms with Crippen molar-refractivity contribution in [2.45, 2.75) is 45.6 Å². The molecule has 2 rings (SSSR count). The van der Waals surface area contributed by atoms with Gasteiger partial charge >= 0.3 is 0 Å². The molecular weight excluding hydrogens is 182 g/mol. The van der Waals surface area contributed by atoms with E-state index in [-0.39, 0.29) is 0 Å². The second-order valence-electron chi connectivity index (χ2n) is 4.74. The first-order valence-electron chi connectivity index (χ1n) is 5.99. The van der Waals surface area contributed by atoms with Crippen LogP contribution in [0.2, 0.25) is 0 Å². The van der Waals surface area contributed by atoms with Crippen molar-refractivity contribution in [3.63, 3.8) is 0 Å². The quantitative estimate of drug-likeness (QED) is 0.691. The Morgan fingerprint density at radius 1 is 1.20 bits per heavy atom. The molecule has 15 heavy (non-hydrogen) atoms. The summed E-state index contributed by atoms with van der Waals surface area (Å²) in [4.78, 5) is 0. The Morgan fingerprint density at radius 2 is 2.00 bits per heavy atom. The van der Waals surface area contributed by atoms with Crippen LogP contribution in [-0.4, -0.2) is 7.05 Å². The van der Waals surface area contributed by atoms with E-state index in [0.717, 1.165) is 0 Å². The van der Waals surface area contributed by atoms with Gasteiger partial charge in [0.25, 0.3) is 0 Å². The van der Waals surface area contributed by atoms with Crippen molar-refractivity contribution < 1.29 is 0 Å². The standard InChI is InChI=1S/C14H21N/c1-10-8-11(2)12-6-4-5-7-14(15-3)13(12)9-10/h8-9,14-15H,4-7H2,1-3H3. The highest BCUT2D eigenvalue weighted by Crippen LogP contribution is 2.31. The molecule has 1 aliphatic rings. The molecule has 1 nitrogen and oxygen atoms in total. The van der Waals surface area contributed by atoms with Crippen molar-refractivity contribution in [1.29, 1.82) is 0 Å². The Morgan fingerprint density at radius 3 is 2.73 bits per heavy atom. The van der Waals surface area contributed by atoms with E-state index in [2.05, 4.69) is 38.3 Å². The van der Waals surface area contributed by atoms with Crippen LogP contribution in [0, 0.1) is 13.8 Å². The average Bonchev–Trinajstić information content (AvgIpc) is 2.39. The van der Waals surface area contributed by atoms with Gasteiger partial charge in [-0.05, 0) is 56.8 Å². The number of aryl methyl sites for hydroxylation is 2. The number of rotatable bonds is 1. The first-order chi connectivity index (χ1) is 7.22. The van der Waals surface area contributed by atoms with Gasteiger partial charge in [-0.25, -0.2) is 0 Å². The third-order valence-corrected chi connectivity index (χ3v) is 3.55. The first-order valence-corrected chi connectivity index (χ1v) is 5.99. The Hall–Kier alpha value is -0.820. The molecule has 1 atom stereocenters. The fraction of sp³-hybridized carbons (Fsp3) is 0.571. The molecule has 0 spiro atoms. The molecule has 1 unspecified atom stereocenters. The van der Waals surface area contributed by atoms with E-state index in [1.54, 1.807) is 11.1 Å². The fourth-order valence-electron chi connectivity index (χ4n) is 2.79. The van der Waals surface area contributed by atoms with Crippen LogP contribution in [0.3, 0.4) is 0 Å². The largest absolute Gasteiger partial charge is 0.313 e. The zero-order chi connectivity index (χ0) is 10.8. The van der Waals surface area contributed by atoms with E-state index in [9.17, 15) is 0 Å². The van der Waals surface area contributed by atoms with E-state index >= 15 is 0 Å². The summed E-state index contributed by atoms with van der Waals surface area (Å²) in [5.41, 5.74) is 6.02. The van der Waals surface area contributed by atoms with Crippen LogP contribution in [0.5, 0.6) is 0 Å². The number of hydrogen-bond donors (Lipinski definition) is 1. The topological polar surface area (TPSA) is 12.0 Å². The number of nitrogens with one attached hydrogen (secondary N) is 1. The Kier molecular flexibility index (Phi) is 3.11. The van der Waals surface area contributed by atoms with Crippen LogP contribution in [0.1, 0.15) is 47.6 Å². The van der Waals surface area contributed by atoms with Gasteiger partial charge in [-0.2, -0.15) is 0 Å². The van der Waals surface area contributed by atoms with Crippen molar-refractivity contribution in [2.24, 2.45) is 0 Å². The molecular formula is C14H21N. The second-order valence-corrected chi connectivity index (χ2v) is 4.74. The number of hydrogen-bond acceptors (Lipinski definition) is 1. The maximum Gasteiger partial charge on any atom is 0.0320 e. The van der Waals surface area contributed by atoms with Crippen molar-refractivity contribution in [3.05, 3.63) is 34.4 Å². The molecule has 1 aromatic rings. The van der Waals surface area contributed by atoms with Crippen LogP contribution in [0.15, 0.2) is 12.1 Å². The number of benzene rings is 1. The maximum absolute atomic E-state index is 3.45. The summed E-state index contributed by atoms with van der Waals surface area (Å²) in [5.74, 6) is 0. The number of fused-ring (bicyclic) bond motifs is 1. The molecule has 0 saturated carbocycles. The second kappa shape index (κ2) is 4.36. The summed E-state index contributed by atoms with van der Waals surface area (Å²) in [6.45, 7) is 4.45. The summed E-state index contributed by atoms with van der Waals surface area (Å²) >= 11 is 0. The Balaban J connectivity index is 2.50. The lowest BCUT2D eigenvalue weighted by molar-refractivity contribution is 0.533. The van der Waals surface area contributed by atoms with Crippen LogP contribution < -0.4 is 5.32 Å². The van der Waals surface area contributed by atoms with Crippen LogP contribution >= 0.6 is 0 Å². The zero-order valence-electron chi connectivity index (χ0n) is 10.1. The highest BCUT2D eigenvalue weighted by molar-refractivity contribution is 5.40. The van der Waals surface area contributed by atoms with Gasteiger partial charge in [0.1, 0.15) is 0 Å². The van der Waals surface area contributed by atoms with Crippen molar-refractivity contribution in [1.82, 2.24) is 5.32 Å². The highest BCUT2D eigenvalue weighted by Gasteiger charge is 2.18. The smallest absolute Gasteiger partial charge is 0.0320 e. The molecule has 1 N–H and O–H groups in total. The third-order valence-electron chi connectivity index (χ3n) is 3.55. The van der Waals surface area contributed by atoms with E-state index in [1.807, 2.05) is 0 Å². The van der Waals surface area contributed by atoms with Gasteiger partial charge in [-0.1, -0.05) is 24.1 Å². The van der Waals surface area contributed by atoms with Gasteiger partial charge in [-0.3, -0.25) is 0 Å². The van der Waals surface area contributed by atoms with E-state index in [1.165, 1.54) is 36.8 Å². The molecule has 0 heterocycles. The summed E-state index contributed by atoms with van der Waals surface area (Å²) in [6, 6.07) is 5.26. The normalized spacial score (nSPS) is 20.9. The zero-order valence-corrected chi connectivity index (χ0v) is 10.1. The molecule has 1 heteroatoms. The summed E-state index contributed by atoms with van der Waals surface area (Å²) in [6.07, 6.45) is 5.24. The molecule has 0 fully saturated rings. The molecule has 1 aliphatic carbocycles. The van der Waals surface area contributed by atoms with Crippen LogP contribution in [-0.2, 0) is 6.42 Å². The predicted molar refractivity (Wildman–Crippen MR) is 65.3 cm³/mol. The summed E-state index contributed by atoms with van der Waals surface area (Å²) < 4.78 is 0. The maximum atomic E-state index is 3.45. The lowest BCUT2D eigenvalue weighted by Gasteiger charge is -2.19. The highest BCUT2D eigenvalue weighted by atomic mass is 14.9. The minimum Gasteiger partial charge on any atom is -0.313 e. The lowest BCUT2D eigenvalue weighted by Crippen LogP contribution is -2.17. The SMILES string of the molecule is CNC1CCCCc2c(C)cc(C)cc21. The lowest BCUT2D eigenvalue weighted by atomic mass is 9.93.